The van der Waals surface area contributed by atoms with Gasteiger partial charge in [-0.1, -0.05) is 41.9 Å². The normalized spacial score (nSPS) is 17.6. The molecule has 0 spiro atoms. The van der Waals surface area contributed by atoms with E-state index >= 15 is 0 Å². The van der Waals surface area contributed by atoms with Gasteiger partial charge < -0.3 is 9.84 Å². The van der Waals surface area contributed by atoms with Gasteiger partial charge in [-0.3, -0.25) is 4.90 Å². The highest BCUT2D eigenvalue weighted by atomic mass is 35.5. The monoisotopic (exact) mass is 303 g/mol. The Morgan fingerprint density at radius 1 is 1.00 bits per heavy atom. The zero-order chi connectivity index (χ0) is 14.7. The van der Waals surface area contributed by atoms with Crippen LogP contribution in [0, 0.1) is 0 Å². The topological polar surface area (TPSA) is 32.7 Å². The maximum atomic E-state index is 10.2. The second kappa shape index (κ2) is 6.48. The maximum absolute atomic E-state index is 10.2. The number of benzene rings is 2. The molecule has 0 radical (unpaired) electrons. The summed E-state index contributed by atoms with van der Waals surface area (Å²) in [5, 5.41) is 11.0. The van der Waals surface area contributed by atoms with Gasteiger partial charge in [0.2, 0.25) is 0 Å². The molecule has 3 rings (SSSR count). The molecule has 0 unspecified atom stereocenters. The van der Waals surface area contributed by atoms with Crippen molar-refractivity contribution in [1.82, 2.24) is 4.90 Å². The molecule has 0 bridgehead atoms. The molecule has 2 aromatic rings. The number of hydrogen-bond donors (Lipinski definition) is 1. The third-order valence-corrected chi connectivity index (χ3v) is 4.08. The van der Waals surface area contributed by atoms with E-state index in [9.17, 15) is 5.11 Å². The molecule has 1 saturated heterocycles. The Labute approximate surface area is 129 Å². The molecule has 21 heavy (non-hydrogen) atoms. The van der Waals surface area contributed by atoms with Gasteiger partial charge in [0.15, 0.2) is 0 Å². The van der Waals surface area contributed by atoms with Gasteiger partial charge in [0.1, 0.15) is 5.75 Å². The Hall–Kier alpha value is -1.55. The van der Waals surface area contributed by atoms with Gasteiger partial charge in [0, 0.05) is 23.7 Å². The number of hydrogen-bond acceptors (Lipinski definition) is 3. The maximum Gasteiger partial charge on any atom is 0.120 e. The summed E-state index contributed by atoms with van der Waals surface area (Å²) in [7, 11) is 0. The summed E-state index contributed by atoms with van der Waals surface area (Å²) < 4.78 is 5.45. The number of morpholine rings is 1. The first kappa shape index (κ1) is 14.4. The van der Waals surface area contributed by atoms with Gasteiger partial charge in [-0.05, 0) is 23.8 Å². The van der Waals surface area contributed by atoms with Crippen molar-refractivity contribution >= 4 is 11.6 Å². The van der Waals surface area contributed by atoms with Crippen molar-refractivity contribution in [2.75, 3.05) is 26.3 Å². The molecule has 4 heteroatoms. The summed E-state index contributed by atoms with van der Waals surface area (Å²) >= 11 is 6.00. The van der Waals surface area contributed by atoms with Gasteiger partial charge in [0.05, 0.1) is 19.3 Å². The molecule has 0 aromatic heterocycles. The third kappa shape index (κ3) is 3.21. The molecule has 2 aromatic carbocycles. The third-order valence-electron chi connectivity index (χ3n) is 3.83. The van der Waals surface area contributed by atoms with Crippen molar-refractivity contribution in [3.63, 3.8) is 0 Å². The van der Waals surface area contributed by atoms with Crippen LogP contribution in [0.2, 0.25) is 5.02 Å². The van der Waals surface area contributed by atoms with Crippen molar-refractivity contribution in [3.8, 4) is 5.75 Å². The smallest absolute Gasteiger partial charge is 0.120 e. The number of aromatic hydroxyl groups is 1. The number of halogens is 1. The molecule has 3 nitrogen and oxygen atoms in total. The van der Waals surface area contributed by atoms with E-state index in [4.69, 9.17) is 16.3 Å². The van der Waals surface area contributed by atoms with E-state index in [0.29, 0.717) is 5.75 Å². The fourth-order valence-electron chi connectivity index (χ4n) is 2.79. The second-order valence-corrected chi connectivity index (χ2v) is 5.60. The van der Waals surface area contributed by atoms with Crippen LogP contribution in [-0.4, -0.2) is 36.3 Å². The Kier molecular flexibility index (Phi) is 4.44. The molecular formula is C17H18ClNO2. The van der Waals surface area contributed by atoms with Crippen LogP contribution < -0.4 is 0 Å². The quantitative estimate of drug-likeness (QED) is 0.942. The van der Waals surface area contributed by atoms with Crippen molar-refractivity contribution in [2.45, 2.75) is 6.04 Å². The zero-order valence-corrected chi connectivity index (χ0v) is 12.5. The summed E-state index contributed by atoms with van der Waals surface area (Å²) in [6, 6.07) is 15.4. The number of phenolic OH excluding ortho intramolecular Hbond substituents is 1. The average molecular weight is 304 g/mol. The first-order chi connectivity index (χ1) is 10.3. The van der Waals surface area contributed by atoms with E-state index in [2.05, 4.69) is 4.90 Å². The number of phenols is 1. The summed E-state index contributed by atoms with van der Waals surface area (Å²) in [4.78, 5) is 2.34. The highest BCUT2D eigenvalue weighted by Gasteiger charge is 2.26. The van der Waals surface area contributed by atoms with Crippen LogP contribution in [-0.2, 0) is 4.74 Å². The number of ether oxygens (including phenoxy) is 1. The molecule has 1 heterocycles. The van der Waals surface area contributed by atoms with Gasteiger partial charge in [0.25, 0.3) is 0 Å². The highest BCUT2D eigenvalue weighted by molar-refractivity contribution is 6.30. The molecule has 1 atom stereocenters. The minimum atomic E-state index is 0.0207. The number of nitrogens with zero attached hydrogens (tertiary/aromatic N) is 1. The highest BCUT2D eigenvalue weighted by Crippen LogP contribution is 2.34. The SMILES string of the molecule is Oc1ccccc1[C@H](c1ccc(Cl)cc1)N1CCOCC1. The molecule has 1 aliphatic heterocycles. The lowest BCUT2D eigenvalue weighted by atomic mass is 9.96. The van der Waals surface area contributed by atoms with Crippen LogP contribution in [0.5, 0.6) is 5.75 Å². The fraction of sp³-hybridized carbons (Fsp3) is 0.294. The fourth-order valence-corrected chi connectivity index (χ4v) is 2.91. The Morgan fingerprint density at radius 2 is 1.67 bits per heavy atom. The minimum Gasteiger partial charge on any atom is -0.508 e. The zero-order valence-electron chi connectivity index (χ0n) is 11.7. The molecule has 1 aliphatic rings. The Bertz CT molecular complexity index is 594. The van der Waals surface area contributed by atoms with Crippen molar-refractivity contribution in [3.05, 3.63) is 64.7 Å². The van der Waals surface area contributed by atoms with Gasteiger partial charge in [-0.15, -0.1) is 0 Å². The lowest BCUT2D eigenvalue weighted by Crippen LogP contribution is -2.39. The second-order valence-electron chi connectivity index (χ2n) is 5.16. The van der Waals surface area contributed by atoms with E-state index in [0.717, 1.165) is 42.5 Å². The van der Waals surface area contributed by atoms with Crippen molar-refractivity contribution in [1.29, 1.82) is 0 Å². The summed E-state index contributed by atoms with van der Waals surface area (Å²) in [5.41, 5.74) is 2.05. The van der Waals surface area contributed by atoms with Crippen LogP contribution in [0.4, 0.5) is 0 Å². The summed E-state index contributed by atoms with van der Waals surface area (Å²) in [6.45, 7) is 3.14. The summed E-state index contributed by atoms with van der Waals surface area (Å²) in [5.74, 6) is 0.323. The predicted molar refractivity (Wildman–Crippen MR) is 83.8 cm³/mol. The van der Waals surface area contributed by atoms with Crippen LogP contribution in [0.15, 0.2) is 48.5 Å². The predicted octanol–water partition coefficient (Wildman–Crippen LogP) is 3.47. The number of para-hydroxylation sites is 1. The molecular weight excluding hydrogens is 286 g/mol. The van der Waals surface area contributed by atoms with E-state index in [1.54, 1.807) is 6.07 Å². The van der Waals surface area contributed by atoms with Crippen molar-refractivity contribution < 1.29 is 9.84 Å². The molecule has 0 saturated carbocycles. The minimum absolute atomic E-state index is 0.0207. The lowest BCUT2D eigenvalue weighted by molar-refractivity contribution is 0.0235. The van der Waals surface area contributed by atoms with Crippen molar-refractivity contribution in [2.24, 2.45) is 0 Å². The first-order valence-corrected chi connectivity index (χ1v) is 7.48. The molecule has 0 aliphatic carbocycles. The van der Waals surface area contributed by atoms with E-state index in [1.165, 1.54) is 0 Å². The first-order valence-electron chi connectivity index (χ1n) is 7.11. The standard InChI is InChI=1S/C17H18ClNO2/c18-14-7-5-13(6-8-14)17(19-9-11-21-12-10-19)15-3-1-2-4-16(15)20/h1-8,17,20H,9-12H2/t17-/m0/s1. The van der Waals surface area contributed by atoms with Crippen LogP contribution >= 0.6 is 11.6 Å². The van der Waals surface area contributed by atoms with Gasteiger partial charge in [-0.2, -0.15) is 0 Å². The van der Waals surface area contributed by atoms with Gasteiger partial charge in [-0.25, -0.2) is 0 Å². The van der Waals surface area contributed by atoms with E-state index < -0.39 is 0 Å². The molecule has 1 fully saturated rings. The average Bonchev–Trinajstić information content (AvgIpc) is 2.52. The van der Waals surface area contributed by atoms with E-state index in [-0.39, 0.29) is 6.04 Å². The molecule has 110 valence electrons. The van der Waals surface area contributed by atoms with E-state index in [1.807, 2.05) is 42.5 Å². The summed E-state index contributed by atoms with van der Waals surface area (Å²) in [6.07, 6.45) is 0. The Morgan fingerprint density at radius 3 is 2.33 bits per heavy atom. The van der Waals surface area contributed by atoms with Gasteiger partial charge >= 0.3 is 0 Å². The molecule has 0 amide bonds. The van der Waals surface area contributed by atoms with Crippen LogP contribution in [0.1, 0.15) is 17.2 Å². The Balaban J connectivity index is 2.01. The molecule has 1 N–H and O–H groups in total. The lowest BCUT2D eigenvalue weighted by Gasteiger charge is -2.35. The van der Waals surface area contributed by atoms with Crippen LogP contribution in [0.25, 0.3) is 0 Å². The van der Waals surface area contributed by atoms with Crippen LogP contribution in [0.3, 0.4) is 0 Å². The number of rotatable bonds is 3. The largest absolute Gasteiger partial charge is 0.508 e.